The van der Waals surface area contributed by atoms with E-state index in [-0.39, 0.29) is 30.1 Å². The van der Waals surface area contributed by atoms with E-state index in [2.05, 4.69) is 46.5 Å². The fraction of sp³-hybridized carbons (Fsp3) is 0.214. The normalized spacial score (nSPS) is 11.9. The zero-order valence-electron chi connectivity index (χ0n) is 23.9. The molecule has 2 aromatic heterocycles. The van der Waals surface area contributed by atoms with Crippen molar-refractivity contribution in [3.05, 3.63) is 76.6 Å². The molecule has 0 saturated carbocycles. The van der Waals surface area contributed by atoms with Crippen molar-refractivity contribution in [3.8, 4) is 0 Å². The van der Waals surface area contributed by atoms with Gasteiger partial charge < -0.3 is 37.9 Å². The van der Waals surface area contributed by atoms with Gasteiger partial charge in [-0.15, -0.1) is 5.10 Å². The molecule has 0 aliphatic carbocycles. The number of fused-ring (bicyclic) bond motifs is 1. The van der Waals surface area contributed by atoms with Crippen molar-refractivity contribution in [1.29, 1.82) is 0 Å². The third kappa shape index (κ3) is 7.89. The van der Waals surface area contributed by atoms with Crippen LogP contribution in [-0.2, 0) is 11.3 Å². The Kier molecular flexibility index (Phi) is 10.1. The predicted molar refractivity (Wildman–Crippen MR) is 166 cm³/mol. The number of amides is 2. The average molecular weight is 600 g/mol. The maximum atomic E-state index is 12.8. The Morgan fingerprint density at radius 1 is 1.02 bits per heavy atom. The summed E-state index contributed by atoms with van der Waals surface area (Å²) in [6, 6.07) is 11.2. The van der Waals surface area contributed by atoms with Crippen molar-refractivity contribution >= 4 is 52.6 Å². The van der Waals surface area contributed by atoms with Crippen LogP contribution in [0.5, 0.6) is 0 Å². The van der Waals surface area contributed by atoms with Crippen molar-refractivity contribution < 1.29 is 14.4 Å². The Morgan fingerprint density at radius 2 is 1.80 bits per heavy atom. The molecule has 0 spiro atoms. The fourth-order valence-electron chi connectivity index (χ4n) is 4.24. The third-order valence-electron chi connectivity index (χ3n) is 6.46. The summed E-state index contributed by atoms with van der Waals surface area (Å²) in [5, 5.41) is 12.5. The lowest BCUT2D eigenvalue weighted by Crippen LogP contribution is -2.37. The molecule has 12 N–H and O–H groups in total. The van der Waals surface area contributed by atoms with E-state index in [0.717, 1.165) is 11.3 Å². The SMILES string of the molecule is Cc1ccc(C(=O)NCCCC(C=O)NC(=O)c2ccc(NCc3cnc4nc(N)nc(N)c4n3)cc2)c(/C(N)=N/NN)c1. The summed E-state index contributed by atoms with van der Waals surface area (Å²) >= 11 is 0. The molecule has 0 aliphatic rings. The first kappa shape index (κ1) is 31.0. The van der Waals surface area contributed by atoms with Crippen LogP contribution >= 0.6 is 0 Å². The van der Waals surface area contributed by atoms with Crippen LogP contribution in [0.15, 0.2) is 53.8 Å². The van der Waals surface area contributed by atoms with Crippen LogP contribution in [0.1, 0.15) is 50.4 Å². The molecule has 4 rings (SSSR count). The summed E-state index contributed by atoms with van der Waals surface area (Å²) in [5.41, 5.74) is 23.5. The smallest absolute Gasteiger partial charge is 0.252 e. The second-order valence-electron chi connectivity index (χ2n) is 9.72. The number of hydrogen-bond donors (Lipinski definition) is 8. The number of hydrogen-bond acceptors (Lipinski definition) is 13. The number of aromatic nitrogens is 4. The molecule has 16 nitrogen and oxygen atoms in total. The first-order valence-corrected chi connectivity index (χ1v) is 13.5. The minimum absolute atomic E-state index is 0.0230. The summed E-state index contributed by atoms with van der Waals surface area (Å²) in [6.45, 7) is 2.47. The molecule has 0 fully saturated rings. The highest BCUT2D eigenvalue weighted by Gasteiger charge is 2.16. The van der Waals surface area contributed by atoms with E-state index in [1.54, 1.807) is 48.7 Å². The first-order chi connectivity index (χ1) is 21.2. The molecule has 2 heterocycles. The van der Waals surface area contributed by atoms with Crippen molar-refractivity contribution in [2.24, 2.45) is 16.7 Å². The third-order valence-corrected chi connectivity index (χ3v) is 6.46. The number of amidine groups is 1. The van der Waals surface area contributed by atoms with Gasteiger partial charge in [0.15, 0.2) is 22.8 Å². The van der Waals surface area contributed by atoms with Gasteiger partial charge in [0.2, 0.25) is 5.95 Å². The maximum absolute atomic E-state index is 12.8. The van der Waals surface area contributed by atoms with Crippen LogP contribution in [0.4, 0.5) is 17.5 Å². The second-order valence-corrected chi connectivity index (χ2v) is 9.72. The number of aldehydes is 1. The van der Waals surface area contributed by atoms with Gasteiger partial charge in [-0.05, 0) is 56.2 Å². The van der Waals surface area contributed by atoms with Crippen LogP contribution in [-0.4, -0.2) is 56.5 Å². The number of nitrogens with two attached hydrogens (primary N) is 4. The molecule has 228 valence electrons. The Hall–Kier alpha value is -5.90. The molecule has 16 heteroatoms. The monoisotopic (exact) mass is 599 g/mol. The lowest BCUT2D eigenvalue weighted by molar-refractivity contribution is -0.109. The summed E-state index contributed by atoms with van der Waals surface area (Å²) in [4.78, 5) is 53.7. The van der Waals surface area contributed by atoms with Gasteiger partial charge in [0.25, 0.3) is 11.8 Å². The van der Waals surface area contributed by atoms with Crippen LogP contribution < -0.4 is 44.5 Å². The van der Waals surface area contributed by atoms with Gasteiger partial charge in [-0.2, -0.15) is 9.97 Å². The van der Waals surface area contributed by atoms with E-state index in [1.807, 2.05) is 6.92 Å². The first-order valence-electron chi connectivity index (χ1n) is 13.5. The molecule has 0 bridgehead atoms. The number of carbonyl (C=O) groups excluding carboxylic acids is 3. The lowest BCUT2D eigenvalue weighted by Gasteiger charge is -2.14. The summed E-state index contributed by atoms with van der Waals surface area (Å²) in [7, 11) is 0. The molecule has 4 aromatic rings. The Labute approximate surface area is 252 Å². The number of carbonyl (C=O) groups is 3. The number of hydrazone groups is 1. The topological polar surface area (TPSA) is 267 Å². The molecular weight excluding hydrogens is 566 g/mol. The second kappa shape index (κ2) is 14.3. The summed E-state index contributed by atoms with van der Waals surface area (Å²) in [6.07, 6.45) is 2.99. The molecule has 0 radical (unpaired) electrons. The summed E-state index contributed by atoms with van der Waals surface area (Å²) in [5.74, 6) is 4.69. The van der Waals surface area contributed by atoms with E-state index < -0.39 is 11.9 Å². The zero-order valence-corrected chi connectivity index (χ0v) is 23.9. The average Bonchev–Trinajstić information content (AvgIpc) is 3.01. The minimum Gasteiger partial charge on any atom is -0.382 e. The number of hydrazine groups is 1. The number of rotatable bonds is 13. The number of nitrogens with zero attached hydrogens (tertiary/aromatic N) is 5. The van der Waals surface area contributed by atoms with Crippen LogP contribution in [0.25, 0.3) is 11.2 Å². The molecule has 44 heavy (non-hydrogen) atoms. The number of nitrogens with one attached hydrogen (secondary N) is 4. The molecule has 0 aliphatic heterocycles. The van der Waals surface area contributed by atoms with Crippen molar-refractivity contribution in [3.63, 3.8) is 0 Å². The van der Waals surface area contributed by atoms with Gasteiger partial charge in [0.05, 0.1) is 30.0 Å². The van der Waals surface area contributed by atoms with Crippen LogP contribution in [0.2, 0.25) is 0 Å². The highest BCUT2D eigenvalue weighted by Crippen LogP contribution is 2.16. The van der Waals surface area contributed by atoms with E-state index in [9.17, 15) is 14.4 Å². The minimum atomic E-state index is -0.733. The van der Waals surface area contributed by atoms with Crippen molar-refractivity contribution in [1.82, 2.24) is 36.1 Å². The molecule has 0 saturated heterocycles. The molecular formula is C28H33N13O3. The molecule has 2 amide bonds. The van der Waals surface area contributed by atoms with E-state index in [4.69, 9.17) is 23.0 Å². The van der Waals surface area contributed by atoms with Crippen LogP contribution in [0, 0.1) is 6.92 Å². The summed E-state index contributed by atoms with van der Waals surface area (Å²) < 4.78 is 0. The fourth-order valence-corrected chi connectivity index (χ4v) is 4.24. The molecule has 1 atom stereocenters. The van der Waals surface area contributed by atoms with Crippen molar-refractivity contribution in [2.45, 2.75) is 32.4 Å². The number of benzene rings is 2. The van der Waals surface area contributed by atoms with Gasteiger partial charge in [0, 0.05) is 23.4 Å². The zero-order chi connectivity index (χ0) is 31.6. The molecule has 2 aromatic carbocycles. The largest absolute Gasteiger partial charge is 0.382 e. The van der Waals surface area contributed by atoms with Gasteiger partial charge in [0.1, 0.15) is 6.29 Å². The van der Waals surface area contributed by atoms with E-state index >= 15 is 0 Å². The quantitative estimate of drug-likeness (QED) is 0.0253. The van der Waals surface area contributed by atoms with Gasteiger partial charge in [-0.1, -0.05) is 11.6 Å². The molecule has 1 unspecified atom stereocenters. The van der Waals surface area contributed by atoms with E-state index in [0.29, 0.717) is 59.2 Å². The Morgan fingerprint density at radius 3 is 2.52 bits per heavy atom. The number of nitrogen functional groups attached to an aromatic ring is 2. The van der Waals surface area contributed by atoms with E-state index in [1.165, 1.54) is 0 Å². The lowest BCUT2D eigenvalue weighted by atomic mass is 10.0. The van der Waals surface area contributed by atoms with Gasteiger partial charge >= 0.3 is 0 Å². The predicted octanol–water partition coefficient (Wildman–Crippen LogP) is 0.0958. The Balaban J connectivity index is 1.25. The number of aryl methyl sites for hydroxylation is 1. The van der Waals surface area contributed by atoms with Gasteiger partial charge in [-0.3, -0.25) is 9.59 Å². The van der Waals surface area contributed by atoms with Crippen LogP contribution in [0.3, 0.4) is 0 Å². The van der Waals surface area contributed by atoms with Crippen molar-refractivity contribution in [2.75, 3.05) is 23.3 Å². The van der Waals surface area contributed by atoms with Gasteiger partial charge in [-0.25, -0.2) is 21.3 Å². The Bertz CT molecular complexity index is 1690. The highest BCUT2D eigenvalue weighted by molar-refractivity contribution is 6.08. The number of anilines is 3. The highest BCUT2D eigenvalue weighted by atomic mass is 16.2. The standard InChI is InChI=1S/C28H33N13O3/c1-15-4-9-20(21(11-15)23(29)40-41-32)27(44)33-10-2-3-18(14-42)37-26(43)16-5-7-17(8-6-16)34-12-19-13-35-25-22(36-19)24(30)38-28(31)39-25/h4-9,11,13-14,18,34,41H,2-3,10,12,32H2,1H3,(H2,29,40)(H,33,44)(H,37,43)(H4,30,31,35,38,39). The maximum Gasteiger partial charge on any atom is 0.252 e.